The molecule has 8 heteroatoms. The molecule has 0 aromatic rings. The Morgan fingerprint density at radius 1 is 1.43 bits per heavy atom. The van der Waals surface area contributed by atoms with Crippen molar-refractivity contribution < 1.29 is 21.8 Å². The molecular formula is C6H16NO5PS. The van der Waals surface area contributed by atoms with E-state index < -0.39 is 24.0 Å². The maximum absolute atomic E-state index is 11.1. The Morgan fingerprint density at radius 2 is 2.00 bits per heavy atom. The van der Waals surface area contributed by atoms with Gasteiger partial charge in [0.05, 0.1) is 12.0 Å². The van der Waals surface area contributed by atoms with Crippen LogP contribution in [0.1, 0.15) is 26.2 Å². The highest BCUT2D eigenvalue weighted by Gasteiger charge is 2.25. The van der Waals surface area contributed by atoms with Crippen LogP contribution in [0.25, 0.3) is 0 Å². The molecule has 0 bridgehead atoms. The smallest absolute Gasteiger partial charge is 0.323 e. The molecule has 0 saturated heterocycles. The van der Waals surface area contributed by atoms with Gasteiger partial charge in [-0.05, 0) is 6.42 Å². The van der Waals surface area contributed by atoms with Crippen molar-refractivity contribution in [1.29, 1.82) is 0 Å². The van der Waals surface area contributed by atoms with Gasteiger partial charge in [0, 0.05) is 0 Å². The molecule has 0 fully saturated rings. The molecule has 0 spiro atoms. The van der Waals surface area contributed by atoms with Gasteiger partial charge in [0.1, 0.15) is 0 Å². The van der Waals surface area contributed by atoms with Gasteiger partial charge in [-0.2, -0.15) is 12.4 Å². The maximum Gasteiger partial charge on any atom is 0.356 e. The fraction of sp³-hybridized carbons (Fsp3) is 1.00. The van der Waals surface area contributed by atoms with Gasteiger partial charge in [-0.1, -0.05) is 19.8 Å². The van der Waals surface area contributed by atoms with E-state index in [1.54, 1.807) is 0 Å². The Kier molecular flexibility index (Phi) is 5.85. The lowest BCUT2D eigenvalue weighted by atomic mass is 10.3. The average Bonchev–Trinajstić information content (AvgIpc) is 2.03. The normalized spacial score (nSPS) is 16.5. The van der Waals surface area contributed by atoms with E-state index in [2.05, 4.69) is 3.97 Å². The van der Waals surface area contributed by atoms with Crippen molar-refractivity contribution in [2.45, 2.75) is 26.2 Å². The standard InChI is InChI=1S/C6H16NO5PS/c1-2-3-4-5-14(10,11)12-13(8,9)6-7/h2-7H2,1H3,(H,8,9). The Balaban J connectivity index is 4.15. The van der Waals surface area contributed by atoms with Crippen molar-refractivity contribution in [1.82, 2.24) is 0 Å². The quantitative estimate of drug-likeness (QED) is 0.503. The minimum atomic E-state index is -4.15. The Labute approximate surface area is 84.1 Å². The van der Waals surface area contributed by atoms with Crippen molar-refractivity contribution in [2.24, 2.45) is 5.73 Å². The zero-order valence-electron chi connectivity index (χ0n) is 8.05. The van der Waals surface area contributed by atoms with Gasteiger partial charge < -0.3 is 10.6 Å². The van der Waals surface area contributed by atoms with Gasteiger partial charge in [-0.25, -0.2) is 0 Å². The molecule has 86 valence electrons. The van der Waals surface area contributed by atoms with Gasteiger partial charge in [0.25, 0.3) is 10.1 Å². The van der Waals surface area contributed by atoms with Crippen LogP contribution in [0.3, 0.4) is 0 Å². The number of unbranched alkanes of at least 4 members (excludes halogenated alkanes) is 2. The summed E-state index contributed by atoms with van der Waals surface area (Å²) in [4.78, 5) is 8.84. The van der Waals surface area contributed by atoms with Crippen LogP contribution in [-0.2, 0) is 18.7 Å². The summed E-state index contributed by atoms with van der Waals surface area (Å²) in [5.41, 5.74) is 4.87. The zero-order chi connectivity index (χ0) is 11.2. The molecule has 3 N–H and O–H groups in total. The van der Waals surface area contributed by atoms with Gasteiger partial charge in [-0.3, -0.25) is 4.57 Å². The number of hydrogen-bond donors (Lipinski definition) is 2. The van der Waals surface area contributed by atoms with E-state index in [0.717, 1.165) is 12.8 Å². The number of rotatable bonds is 7. The second-order valence-electron chi connectivity index (χ2n) is 2.86. The van der Waals surface area contributed by atoms with Crippen molar-refractivity contribution >= 4 is 17.7 Å². The average molecular weight is 245 g/mol. The third kappa shape index (κ3) is 6.50. The van der Waals surface area contributed by atoms with Gasteiger partial charge in [0.2, 0.25) is 0 Å². The van der Waals surface area contributed by atoms with Gasteiger partial charge in [0.15, 0.2) is 0 Å². The Hall–Kier alpha value is 0.0600. The number of hydrogen-bond acceptors (Lipinski definition) is 5. The summed E-state index contributed by atoms with van der Waals surface area (Å²) in [6.45, 7) is 1.92. The largest absolute Gasteiger partial charge is 0.356 e. The minimum absolute atomic E-state index is 0.245. The van der Waals surface area contributed by atoms with Crippen LogP contribution in [0, 0.1) is 0 Å². The molecule has 0 aliphatic rings. The third-order valence-electron chi connectivity index (χ3n) is 1.46. The minimum Gasteiger partial charge on any atom is -0.323 e. The van der Waals surface area contributed by atoms with E-state index in [0.29, 0.717) is 6.42 Å². The summed E-state index contributed by atoms with van der Waals surface area (Å²) in [6.07, 6.45) is 1.33. The molecule has 6 nitrogen and oxygen atoms in total. The second kappa shape index (κ2) is 5.82. The van der Waals surface area contributed by atoms with Crippen molar-refractivity contribution in [3.05, 3.63) is 0 Å². The highest BCUT2D eigenvalue weighted by atomic mass is 32.2. The van der Waals surface area contributed by atoms with Crippen molar-refractivity contribution in [3.8, 4) is 0 Å². The Bertz CT molecular complexity index is 301. The van der Waals surface area contributed by atoms with Crippen LogP contribution in [0.4, 0.5) is 0 Å². The first kappa shape index (κ1) is 14.1. The number of nitrogens with two attached hydrogens (primary N) is 1. The molecule has 0 rings (SSSR count). The van der Waals surface area contributed by atoms with Crippen LogP contribution < -0.4 is 5.73 Å². The molecular weight excluding hydrogens is 229 g/mol. The lowest BCUT2D eigenvalue weighted by molar-refractivity contribution is 0.377. The fourth-order valence-electron chi connectivity index (χ4n) is 0.774. The summed E-state index contributed by atoms with van der Waals surface area (Å²) in [6, 6.07) is 0. The zero-order valence-corrected chi connectivity index (χ0v) is 9.76. The summed E-state index contributed by atoms with van der Waals surface area (Å²) < 4.78 is 37.1. The molecule has 14 heavy (non-hydrogen) atoms. The molecule has 0 aliphatic heterocycles. The predicted octanol–water partition coefficient (Wildman–Crippen LogP) is 0.625. The summed E-state index contributed by atoms with van der Waals surface area (Å²) >= 11 is 0. The third-order valence-corrected chi connectivity index (χ3v) is 4.55. The van der Waals surface area contributed by atoms with Crippen LogP contribution in [0.5, 0.6) is 0 Å². The summed E-state index contributed by atoms with van der Waals surface area (Å²) in [5, 5.41) is 0. The lowest BCUT2D eigenvalue weighted by Crippen LogP contribution is -2.12. The topological polar surface area (TPSA) is 107 Å². The fourth-order valence-corrected chi connectivity index (χ4v) is 3.29. The molecule has 0 amide bonds. The first-order chi connectivity index (χ1) is 6.33. The Morgan fingerprint density at radius 3 is 2.43 bits per heavy atom. The lowest BCUT2D eigenvalue weighted by Gasteiger charge is -2.09. The van der Waals surface area contributed by atoms with Crippen LogP contribution in [0.2, 0.25) is 0 Å². The molecule has 0 aromatic carbocycles. The van der Waals surface area contributed by atoms with Crippen LogP contribution in [0.15, 0.2) is 0 Å². The maximum atomic E-state index is 11.1. The van der Waals surface area contributed by atoms with E-state index in [9.17, 15) is 13.0 Å². The van der Waals surface area contributed by atoms with E-state index in [-0.39, 0.29) is 5.75 Å². The highest BCUT2D eigenvalue weighted by molar-refractivity contribution is 7.91. The molecule has 0 heterocycles. The SMILES string of the molecule is CCCCCS(=O)(=O)OP(=O)(O)CN. The summed E-state index contributed by atoms with van der Waals surface area (Å²) in [5.74, 6) is -0.245. The molecule has 1 atom stereocenters. The molecule has 0 aromatic heterocycles. The predicted molar refractivity (Wildman–Crippen MR) is 53.3 cm³/mol. The van der Waals surface area contributed by atoms with Gasteiger partial charge in [-0.15, -0.1) is 0 Å². The molecule has 1 unspecified atom stereocenters. The van der Waals surface area contributed by atoms with E-state index in [4.69, 9.17) is 10.6 Å². The van der Waals surface area contributed by atoms with E-state index >= 15 is 0 Å². The monoisotopic (exact) mass is 245 g/mol. The van der Waals surface area contributed by atoms with E-state index in [1.165, 1.54) is 0 Å². The molecule has 0 aliphatic carbocycles. The van der Waals surface area contributed by atoms with Crippen molar-refractivity contribution in [2.75, 3.05) is 12.0 Å². The summed E-state index contributed by atoms with van der Waals surface area (Å²) in [7, 11) is -8.07. The molecule has 0 saturated carbocycles. The first-order valence-corrected chi connectivity index (χ1v) is 7.63. The molecule has 0 radical (unpaired) electrons. The van der Waals surface area contributed by atoms with Crippen molar-refractivity contribution in [3.63, 3.8) is 0 Å². The second-order valence-corrected chi connectivity index (χ2v) is 6.62. The van der Waals surface area contributed by atoms with E-state index in [1.807, 2.05) is 6.92 Å². The van der Waals surface area contributed by atoms with Crippen LogP contribution >= 0.6 is 7.60 Å². The highest BCUT2D eigenvalue weighted by Crippen LogP contribution is 2.41. The first-order valence-electron chi connectivity index (χ1n) is 4.29. The van der Waals surface area contributed by atoms with Crippen LogP contribution in [-0.4, -0.2) is 25.3 Å². The van der Waals surface area contributed by atoms with Gasteiger partial charge >= 0.3 is 7.60 Å².